The van der Waals surface area contributed by atoms with Gasteiger partial charge in [0.15, 0.2) is 0 Å². The van der Waals surface area contributed by atoms with E-state index in [4.69, 9.17) is 0 Å². The maximum Gasteiger partial charge on any atom is 0.0366 e. The molecule has 1 atom stereocenters. The molecule has 0 saturated heterocycles. The molecule has 1 rings (SSSR count). The van der Waals surface area contributed by atoms with Crippen molar-refractivity contribution in [1.29, 1.82) is 0 Å². The minimum atomic E-state index is 0.359. The van der Waals surface area contributed by atoms with Crippen molar-refractivity contribution in [2.45, 2.75) is 33.4 Å². The predicted octanol–water partition coefficient (Wildman–Crippen LogP) is 3.20. The van der Waals surface area contributed by atoms with Crippen LogP contribution in [0.3, 0.4) is 0 Å². The van der Waals surface area contributed by atoms with Crippen LogP contribution in [0.1, 0.15) is 26.3 Å². The van der Waals surface area contributed by atoms with Crippen LogP contribution in [0, 0.1) is 0 Å². The number of nitrogens with zero attached hydrogens (tertiary/aromatic N) is 1. The summed E-state index contributed by atoms with van der Waals surface area (Å²) in [5, 5.41) is 3.39. The van der Waals surface area contributed by atoms with Gasteiger partial charge in [0.25, 0.3) is 0 Å². The zero-order valence-electron chi connectivity index (χ0n) is 11.2. The summed E-state index contributed by atoms with van der Waals surface area (Å²) >= 11 is 0. The van der Waals surface area contributed by atoms with Gasteiger partial charge in [0.05, 0.1) is 0 Å². The highest BCUT2D eigenvalue weighted by Crippen LogP contribution is 2.14. The lowest BCUT2D eigenvalue weighted by Crippen LogP contribution is -2.23. The van der Waals surface area contributed by atoms with E-state index < -0.39 is 0 Å². The van der Waals surface area contributed by atoms with Gasteiger partial charge in [-0.25, -0.2) is 0 Å². The van der Waals surface area contributed by atoms with Gasteiger partial charge in [0.2, 0.25) is 0 Å². The molecule has 0 heterocycles. The number of hydrogen-bond donors (Lipinski definition) is 1. The highest BCUT2D eigenvalue weighted by atomic mass is 15.1. The van der Waals surface area contributed by atoms with Gasteiger partial charge < -0.3 is 10.2 Å². The SMILES string of the molecule is C=CC(C)NCc1ccc(N(CC)CC)cc1. The molecule has 2 heteroatoms. The lowest BCUT2D eigenvalue weighted by atomic mass is 10.2. The molecule has 0 spiro atoms. The summed E-state index contributed by atoms with van der Waals surface area (Å²) in [6, 6.07) is 9.13. The first-order valence-electron chi connectivity index (χ1n) is 6.41. The molecule has 0 amide bonds. The molecule has 0 bridgehead atoms. The fourth-order valence-corrected chi connectivity index (χ4v) is 1.78. The highest BCUT2D eigenvalue weighted by Gasteiger charge is 2.01. The van der Waals surface area contributed by atoms with Crippen molar-refractivity contribution in [1.82, 2.24) is 5.32 Å². The van der Waals surface area contributed by atoms with Crippen LogP contribution in [0.25, 0.3) is 0 Å². The first-order valence-corrected chi connectivity index (χ1v) is 6.41. The van der Waals surface area contributed by atoms with E-state index >= 15 is 0 Å². The molecule has 2 nitrogen and oxygen atoms in total. The van der Waals surface area contributed by atoms with E-state index in [1.165, 1.54) is 11.3 Å². The van der Waals surface area contributed by atoms with Crippen molar-refractivity contribution in [3.63, 3.8) is 0 Å². The van der Waals surface area contributed by atoms with Crippen LogP contribution < -0.4 is 10.2 Å². The summed E-state index contributed by atoms with van der Waals surface area (Å²) in [5.74, 6) is 0. The van der Waals surface area contributed by atoms with Crippen LogP contribution in [0.4, 0.5) is 5.69 Å². The maximum atomic E-state index is 3.76. The van der Waals surface area contributed by atoms with Crippen molar-refractivity contribution in [3.05, 3.63) is 42.5 Å². The normalized spacial score (nSPS) is 12.2. The van der Waals surface area contributed by atoms with Crippen LogP contribution in [0.2, 0.25) is 0 Å². The Morgan fingerprint density at radius 3 is 2.29 bits per heavy atom. The Morgan fingerprint density at radius 1 is 1.24 bits per heavy atom. The summed E-state index contributed by atoms with van der Waals surface area (Å²) in [6.45, 7) is 13.3. The minimum absolute atomic E-state index is 0.359. The van der Waals surface area contributed by atoms with Gasteiger partial charge in [0, 0.05) is 31.4 Å². The second-order valence-electron chi connectivity index (χ2n) is 4.24. The van der Waals surface area contributed by atoms with Gasteiger partial charge in [-0.2, -0.15) is 0 Å². The van der Waals surface area contributed by atoms with Gasteiger partial charge in [-0.3, -0.25) is 0 Å². The Bertz CT molecular complexity index is 325. The van der Waals surface area contributed by atoms with Crippen molar-refractivity contribution in [2.24, 2.45) is 0 Å². The number of anilines is 1. The Kier molecular flexibility index (Phi) is 5.78. The van der Waals surface area contributed by atoms with Gasteiger partial charge >= 0.3 is 0 Å². The quantitative estimate of drug-likeness (QED) is 0.726. The number of nitrogens with one attached hydrogen (secondary N) is 1. The van der Waals surface area contributed by atoms with Crippen molar-refractivity contribution in [2.75, 3.05) is 18.0 Å². The average molecular weight is 232 g/mol. The molecule has 0 fully saturated rings. The molecular formula is C15H24N2. The fourth-order valence-electron chi connectivity index (χ4n) is 1.78. The Morgan fingerprint density at radius 2 is 1.82 bits per heavy atom. The van der Waals surface area contributed by atoms with E-state index in [2.05, 4.69) is 61.8 Å². The lowest BCUT2D eigenvalue weighted by molar-refractivity contribution is 0.634. The molecule has 1 N–H and O–H groups in total. The molecule has 1 aromatic carbocycles. The van der Waals surface area contributed by atoms with Gasteiger partial charge in [-0.1, -0.05) is 18.2 Å². The first kappa shape index (κ1) is 13.8. The molecule has 94 valence electrons. The molecule has 0 radical (unpaired) electrons. The third kappa shape index (κ3) is 4.23. The van der Waals surface area contributed by atoms with Crippen molar-refractivity contribution < 1.29 is 0 Å². The van der Waals surface area contributed by atoms with Crippen molar-refractivity contribution >= 4 is 5.69 Å². The lowest BCUT2D eigenvalue weighted by Gasteiger charge is -2.21. The van der Waals surface area contributed by atoms with Crippen molar-refractivity contribution in [3.8, 4) is 0 Å². The van der Waals surface area contributed by atoms with Crippen LogP contribution >= 0.6 is 0 Å². The zero-order chi connectivity index (χ0) is 12.7. The van der Waals surface area contributed by atoms with E-state index in [1.807, 2.05) is 6.08 Å². The maximum absolute atomic E-state index is 3.76. The van der Waals surface area contributed by atoms with E-state index in [0.29, 0.717) is 6.04 Å². The monoisotopic (exact) mass is 232 g/mol. The predicted molar refractivity (Wildman–Crippen MR) is 76.5 cm³/mol. The van der Waals surface area contributed by atoms with Crippen LogP contribution in [0.15, 0.2) is 36.9 Å². The summed E-state index contributed by atoms with van der Waals surface area (Å²) in [5.41, 5.74) is 2.62. The van der Waals surface area contributed by atoms with Gasteiger partial charge in [-0.05, 0) is 38.5 Å². The third-order valence-electron chi connectivity index (χ3n) is 3.05. The summed E-state index contributed by atoms with van der Waals surface area (Å²) in [6.07, 6.45) is 1.92. The summed E-state index contributed by atoms with van der Waals surface area (Å²) < 4.78 is 0. The van der Waals surface area contributed by atoms with Crippen LogP contribution in [-0.4, -0.2) is 19.1 Å². The molecule has 0 aliphatic carbocycles. The summed E-state index contributed by atoms with van der Waals surface area (Å²) in [7, 11) is 0. The molecule has 0 saturated carbocycles. The van der Waals surface area contributed by atoms with E-state index in [-0.39, 0.29) is 0 Å². The number of benzene rings is 1. The fraction of sp³-hybridized carbons (Fsp3) is 0.467. The Labute approximate surface area is 105 Å². The van der Waals surface area contributed by atoms with Gasteiger partial charge in [0.1, 0.15) is 0 Å². The molecule has 1 aromatic rings. The third-order valence-corrected chi connectivity index (χ3v) is 3.05. The largest absolute Gasteiger partial charge is 0.372 e. The number of rotatable bonds is 7. The molecule has 0 aromatic heterocycles. The Balaban J connectivity index is 2.58. The second kappa shape index (κ2) is 7.13. The van der Waals surface area contributed by atoms with Gasteiger partial charge in [-0.15, -0.1) is 6.58 Å². The molecule has 17 heavy (non-hydrogen) atoms. The van der Waals surface area contributed by atoms with Crippen LogP contribution in [-0.2, 0) is 6.54 Å². The van der Waals surface area contributed by atoms with E-state index in [9.17, 15) is 0 Å². The topological polar surface area (TPSA) is 15.3 Å². The average Bonchev–Trinajstić information content (AvgIpc) is 2.38. The highest BCUT2D eigenvalue weighted by molar-refractivity contribution is 5.47. The minimum Gasteiger partial charge on any atom is -0.372 e. The van der Waals surface area contributed by atoms with E-state index in [1.54, 1.807) is 0 Å². The number of hydrogen-bond acceptors (Lipinski definition) is 2. The summed E-state index contributed by atoms with van der Waals surface area (Å²) in [4.78, 5) is 2.35. The molecule has 0 aliphatic rings. The zero-order valence-corrected chi connectivity index (χ0v) is 11.2. The molecular weight excluding hydrogens is 208 g/mol. The second-order valence-corrected chi connectivity index (χ2v) is 4.24. The Hall–Kier alpha value is -1.28. The molecule has 0 aliphatic heterocycles. The van der Waals surface area contributed by atoms with E-state index in [0.717, 1.165) is 19.6 Å². The standard InChI is InChI=1S/C15H24N2/c1-5-13(4)16-12-14-8-10-15(11-9-14)17(6-2)7-3/h5,8-11,13,16H,1,6-7,12H2,2-4H3. The first-order chi connectivity index (χ1) is 8.21. The smallest absolute Gasteiger partial charge is 0.0366 e. The van der Waals surface area contributed by atoms with Crippen LogP contribution in [0.5, 0.6) is 0 Å². The molecule has 1 unspecified atom stereocenters.